The highest BCUT2D eigenvalue weighted by Crippen LogP contribution is 2.66. The highest BCUT2D eigenvalue weighted by molar-refractivity contribution is 5.75. The third-order valence-corrected chi connectivity index (χ3v) is 10.4. The number of hydrogen-bond donors (Lipinski definition) is 0. The average Bonchev–Trinajstić information content (AvgIpc) is 3.10. The van der Waals surface area contributed by atoms with Gasteiger partial charge >= 0.3 is 5.97 Å². The lowest BCUT2D eigenvalue weighted by Gasteiger charge is -2.58. The molecule has 4 aliphatic carbocycles. The van der Waals surface area contributed by atoms with Gasteiger partial charge in [0, 0.05) is 26.9 Å². The molecular formula is C28H45NO3. The normalized spacial score (nSPS) is 41.6. The van der Waals surface area contributed by atoms with Gasteiger partial charge in [-0.1, -0.05) is 39.3 Å². The molecule has 0 spiro atoms. The van der Waals surface area contributed by atoms with Crippen LogP contribution in [0, 0.1) is 40.4 Å². The lowest BCUT2D eigenvalue weighted by molar-refractivity contribution is -0.152. The minimum atomic E-state index is -0.128. The number of nitrogens with zero attached hydrogens (tertiary/aromatic N) is 1. The summed E-state index contributed by atoms with van der Waals surface area (Å²) in [6.45, 7) is 11.9. The first kappa shape index (κ1) is 23.8. The van der Waals surface area contributed by atoms with Crippen molar-refractivity contribution in [3.8, 4) is 0 Å². The van der Waals surface area contributed by atoms with Crippen LogP contribution in [0.3, 0.4) is 0 Å². The molecule has 0 radical (unpaired) electrons. The van der Waals surface area contributed by atoms with Crippen molar-refractivity contribution in [2.45, 2.75) is 98.5 Å². The standard InChI is InChI=1S/C28H45NO3/c1-7-26(31)29(6)17-18(2)23-10-11-24-22-9-8-20-16-21(32-19(3)30)12-14-27(20,4)25(22)13-15-28(23,24)5/h9,18,20-21,23-25H,7-8,10-17H2,1-6H3/t18-,20?,21+,23?,24?,25?,27+,28-/m1/s1. The van der Waals surface area contributed by atoms with E-state index in [1.165, 1.54) is 32.1 Å². The molecule has 4 rings (SSSR count). The molecule has 4 aliphatic rings. The van der Waals surface area contributed by atoms with E-state index in [4.69, 9.17) is 4.74 Å². The summed E-state index contributed by atoms with van der Waals surface area (Å²) in [5, 5.41) is 0. The topological polar surface area (TPSA) is 46.6 Å². The molecule has 0 heterocycles. The van der Waals surface area contributed by atoms with E-state index in [1.54, 1.807) is 12.5 Å². The summed E-state index contributed by atoms with van der Waals surface area (Å²) in [5.41, 5.74) is 2.51. The molecule has 32 heavy (non-hydrogen) atoms. The van der Waals surface area contributed by atoms with E-state index >= 15 is 0 Å². The molecule has 180 valence electrons. The van der Waals surface area contributed by atoms with E-state index < -0.39 is 0 Å². The van der Waals surface area contributed by atoms with E-state index in [-0.39, 0.29) is 18.0 Å². The minimum absolute atomic E-state index is 0.119. The lowest BCUT2D eigenvalue weighted by Crippen LogP contribution is -2.50. The second kappa shape index (κ2) is 8.80. The first-order chi connectivity index (χ1) is 15.1. The summed E-state index contributed by atoms with van der Waals surface area (Å²) in [5.74, 6) is 3.44. The zero-order chi connectivity index (χ0) is 23.3. The van der Waals surface area contributed by atoms with Crippen molar-refractivity contribution >= 4 is 11.9 Å². The molecule has 0 N–H and O–H groups in total. The molecule has 4 nitrogen and oxygen atoms in total. The molecule has 4 heteroatoms. The van der Waals surface area contributed by atoms with Crippen molar-refractivity contribution in [2.24, 2.45) is 40.4 Å². The lowest BCUT2D eigenvalue weighted by atomic mass is 9.47. The van der Waals surface area contributed by atoms with Crippen molar-refractivity contribution in [2.75, 3.05) is 13.6 Å². The predicted octanol–water partition coefficient (Wildman–Crippen LogP) is 6.00. The molecular weight excluding hydrogens is 398 g/mol. The van der Waals surface area contributed by atoms with E-state index in [9.17, 15) is 9.59 Å². The van der Waals surface area contributed by atoms with Gasteiger partial charge in [0.15, 0.2) is 0 Å². The Morgan fingerprint density at radius 2 is 1.81 bits per heavy atom. The van der Waals surface area contributed by atoms with Gasteiger partial charge in [-0.15, -0.1) is 0 Å². The van der Waals surface area contributed by atoms with Crippen LogP contribution in [0.25, 0.3) is 0 Å². The van der Waals surface area contributed by atoms with Gasteiger partial charge in [-0.2, -0.15) is 0 Å². The van der Waals surface area contributed by atoms with Crippen LogP contribution in [0.4, 0.5) is 0 Å². The van der Waals surface area contributed by atoms with Crippen molar-refractivity contribution in [1.29, 1.82) is 0 Å². The Balaban J connectivity index is 1.50. The van der Waals surface area contributed by atoms with Gasteiger partial charge < -0.3 is 9.64 Å². The largest absolute Gasteiger partial charge is 0.463 e. The molecule has 8 atom stereocenters. The third kappa shape index (κ3) is 3.94. The summed E-state index contributed by atoms with van der Waals surface area (Å²) in [6, 6.07) is 0. The first-order valence-electron chi connectivity index (χ1n) is 13.2. The second-order valence-electron chi connectivity index (χ2n) is 12.1. The van der Waals surface area contributed by atoms with Crippen LogP contribution in [-0.4, -0.2) is 36.5 Å². The van der Waals surface area contributed by atoms with Crippen LogP contribution >= 0.6 is 0 Å². The number of amides is 1. The number of ether oxygens (including phenoxy) is 1. The van der Waals surface area contributed by atoms with E-state index in [2.05, 4.69) is 26.8 Å². The number of carbonyl (C=O) groups excluding carboxylic acids is 2. The number of rotatable bonds is 5. The van der Waals surface area contributed by atoms with Gasteiger partial charge in [0.05, 0.1) is 0 Å². The Morgan fingerprint density at radius 1 is 1.12 bits per heavy atom. The van der Waals surface area contributed by atoms with Crippen LogP contribution in [0.2, 0.25) is 0 Å². The van der Waals surface area contributed by atoms with Crippen LogP contribution in [-0.2, 0) is 14.3 Å². The molecule has 3 fully saturated rings. The molecule has 0 aromatic heterocycles. The van der Waals surface area contributed by atoms with E-state index in [0.717, 1.165) is 25.8 Å². The minimum Gasteiger partial charge on any atom is -0.463 e. The number of allylic oxidation sites excluding steroid dienone is 2. The van der Waals surface area contributed by atoms with Crippen molar-refractivity contribution < 1.29 is 14.3 Å². The molecule has 1 amide bonds. The van der Waals surface area contributed by atoms with Gasteiger partial charge in [-0.3, -0.25) is 9.59 Å². The van der Waals surface area contributed by atoms with Crippen LogP contribution in [0.5, 0.6) is 0 Å². The van der Waals surface area contributed by atoms with E-state index in [0.29, 0.717) is 46.8 Å². The molecule has 0 aromatic rings. The average molecular weight is 444 g/mol. The fourth-order valence-electron chi connectivity index (χ4n) is 8.72. The maximum absolute atomic E-state index is 12.2. The summed E-state index contributed by atoms with van der Waals surface area (Å²) in [6.07, 6.45) is 13.0. The molecule has 0 aliphatic heterocycles. The Labute approximate surface area is 195 Å². The summed E-state index contributed by atoms with van der Waals surface area (Å²) >= 11 is 0. The smallest absolute Gasteiger partial charge is 0.302 e. The number of hydrogen-bond acceptors (Lipinski definition) is 3. The Hall–Kier alpha value is -1.32. The summed E-state index contributed by atoms with van der Waals surface area (Å²) in [7, 11) is 1.98. The van der Waals surface area contributed by atoms with E-state index in [1.807, 2.05) is 18.9 Å². The van der Waals surface area contributed by atoms with Crippen LogP contribution in [0.15, 0.2) is 11.6 Å². The number of esters is 1. The Bertz CT molecular complexity index is 775. The zero-order valence-corrected chi connectivity index (χ0v) is 21.3. The predicted molar refractivity (Wildman–Crippen MR) is 128 cm³/mol. The quantitative estimate of drug-likeness (QED) is 0.387. The molecule has 0 aromatic carbocycles. The van der Waals surface area contributed by atoms with Gasteiger partial charge in [-0.25, -0.2) is 0 Å². The van der Waals surface area contributed by atoms with Crippen LogP contribution < -0.4 is 0 Å². The molecule has 4 unspecified atom stereocenters. The van der Waals surface area contributed by atoms with Crippen LogP contribution in [0.1, 0.15) is 92.4 Å². The SMILES string of the molecule is CCC(=O)N(C)C[C@@H](C)C1CCC2C3=CCC4C[C@@H](OC(C)=O)CC[C@]4(C)C3CC[C@@]21C. The molecule has 3 saturated carbocycles. The molecule has 0 saturated heterocycles. The van der Waals surface area contributed by atoms with Gasteiger partial charge in [0.25, 0.3) is 0 Å². The maximum atomic E-state index is 12.2. The Kier molecular flexibility index (Phi) is 6.55. The summed E-state index contributed by atoms with van der Waals surface area (Å²) in [4.78, 5) is 25.6. The highest BCUT2D eigenvalue weighted by atomic mass is 16.5. The van der Waals surface area contributed by atoms with Crippen molar-refractivity contribution in [3.63, 3.8) is 0 Å². The van der Waals surface area contributed by atoms with Gasteiger partial charge in [-0.05, 0) is 91.8 Å². The number of fused-ring (bicyclic) bond motifs is 5. The number of carbonyl (C=O) groups is 2. The third-order valence-electron chi connectivity index (χ3n) is 10.4. The van der Waals surface area contributed by atoms with Gasteiger partial charge in [0.2, 0.25) is 5.91 Å². The Morgan fingerprint density at radius 3 is 2.50 bits per heavy atom. The second-order valence-corrected chi connectivity index (χ2v) is 12.1. The highest BCUT2D eigenvalue weighted by Gasteiger charge is 2.58. The first-order valence-corrected chi connectivity index (χ1v) is 13.2. The van der Waals surface area contributed by atoms with Crippen molar-refractivity contribution in [3.05, 3.63) is 11.6 Å². The monoisotopic (exact) mass is 443 g/mol. The maximum Gasteiger partial charge on any atom is 0.302 e. The fourth-order valence-corrected chi connectivity index (χ4v) is 8.72. The fraction of sp³-hybridized carbons (Fsp3) is 0.857. The van der Waals surface area contributed by atoms with Gasteiger partial charge in [0.1, 0.15) is 6.10 Å². The summed E-state index contributed by atoms with van der Waals surface area (Å²) < 4.78 is 5.62. The van der Waals surface area contributed by atoms with Crippen molar-refractivity contribution in [1.82, 2.24) is 4.90 Å². The molecule has 0 bridgehead atoms. The zero-order valence-electron chi connectivity index (χ0n) is 21.3.